The van der Waals surface area contributed by atoms with Gasteiger partial charge in [0, 0.05) is 5.54 Å². The molecular formula is C19H37Cl. The zero-order chi connectivity index (χ0) is 14.7. The zero-order valence-corrected chi connectivity index (χ0v) is 14.6. The SMILES string of the molecule is CCCCCCCCCCCCCCCCC/C=C/Cl. The third-order valence-electron chi connectivity index (χ3n) is 4.06. The first-order valence-corrected chi connectivity index (χ1v) is 9.60. The van der Waals surface area contributed by atoms with Crippen molar-refractivity contribution in [2.75, 3.05) is 0 Å². The van der Waals surface area contributed by atoms with E-state index < -0.39 is 0 Å². The van der Waals surface area contributed by atoms with Gasteiger partial charge in [0.1, 0.15) is 0 Å². The van der Waals surface area contributed by atoms with Crippen molar-refractivity contribution in [2.24, 2.45) is 0 Å². The van der Waals surface area contributed by atoms with Crippen LogP contribution in [0.25, 0.3) is 0 Å². The summed E-state index contributed by atoms with van der Waals surface area (Å²) < 4.78 is 0. The van der Waals surface area contributed by atoms with Crippen molar-refractivity contribution in [3.8, 4) is 0 Å². The maximum Gasteiger partial charge on any atom is 0.000245 e. The van der Waals surface area contributed by atoms with Crippen LogP contribution in [0.5, 0.6) is 0 Å². The smallest absolute Gasteiger partial charge is 0.000245 e. The Hall–Kier alpha value is 0.0300. The number of hydrogen-bond acceptors (Lipinski definition) is 0. The zero-order valence-electron chi connectivity index (χ0n) is 13.8. The van der Waals surface area contributed by atoms with Crippen LogP contribution in [0.4, 0.5) is 0 Å². The van der Waals surface area contributed by atoms with Crippen molar-refractivity contribution < 1.29 is 0 Å². The molecule has 0 unspecified atom stereocenters. The van der Waals surface area contributed by atoms with Gasteiger partial charge in [0.2, 0.25) is 0 Å². The lowest BCUT2D eigenvalue weighted by Gasteiger charge is -2.03. The first kappa shape index (κ1) is 20.0. The molecule has 0 aromatic carbocycles. The second-order valence-electron chi connectivity index (χ2n) is 6.10. The number of hydrogen-bond donors (Lipinski definition) is 0. The maximum absolute atomic E-state index is 5.49. The highest BCUT2D eigenvalue weighted by Crippen LogP contribution is 2.13. The third-order valence-corrected chi connectivity index (χ3v) is 4.24. The van der Waals surface area contributed by atoms with E-state index in [0.29, 0.717) is 0 Å². The minimum absolute atomic E-state index is 1.15. The van der Waals surface area contributed by atoms with Crippen LogP contribution in [-0.4, -0.2) is 0 Å². The molecule has 0 fully saturated rings. The molecule has 20 heavy (non-hydrogen) atoms. The van der Waals surface area contributed by atoms with E-state index in [2.05, 4.69) is 13.0 Å². The van der Waals surface area contributed by atoms with Crippen molar-refractivity contribution in [3.63, 3.8) is 0 Å². The normalized spacial score (nSPS) is 11.5. The molecule has 0 saturated carbocycles. The molecule has 0 rings (SSSR count). The largest absolute Gasteiger partial charge is 0.0933 e. The van der Waals surface area contributed by atoms with Gasteiger partial charge in [0.25, 0.3) is 0 Å². The molecule has 0 radical (unpaired) electrons. The van der Waals surface area contributed by atoms with Gasteiger partial charge < -0.3 is 0 Å². The Kier molecular flexibility index (Phi) is 19.1. The summed E-state index contributed by atoms with van der Waals surface area (Å²) in [6.07, 6.45) is 24.7. The number of rotatable bonds is 16. The maximum atomic E-state index is 5.49. The van der Waals surface area contributed by atoms with Crippen LogP contribution in [0.1, 0.15) is 110 Å². The Labute approximate surface area is 133 Å². The van der Waals surface area contributed by atoms with Crippen molar-refractivity contribution in [2.45, 2.75) is 110 Å². The van der Waals surface area contributed by atoms with Gasteiger partial charge in [-0.05, 0) is 12.8 Å². The van der Waals surface area contributed by atoms with E-state index in [1.807, 2.05) is 0 Å². The lowest BCUT2D eigenvalue weighted by molar-refractivity contribution is 0.533. The molecular weight excluding hydrogens is 264 g/mol. The van der Waals surface area contributed by atoms with Crippen LogP contribution >= 0.6 is 11.6 Å². The van der Waals surface area contributed by atoms with E-state index in [-0.39, 0.29) is 0 Å². The van der Waals surface area contributed by atoms with E-state index in [1.54, 1.807) is 5.54 Å². The molecule has 0 aliphatic heterocycles. The predicted molar refractivity (Wildman–Crippen MR) is 94.5 cm³/mol. The molecule has 0 aliphatic rings. The summed E-state index contributed by atoms with van der Waals surface area (Å²) in [6.45, 7) is 2.29. The van der Waals surface area contributed by atoms with Gasteiger partial charge in [-0.2, -0.15) is 0 Å². The highest BCUT2D eigenvalue weighted by Gasteiger charge is 1.93. The summed E-state index contributed by atoms with van der Waals surface area (Å²) >= 11 is 5.49. The minimum atomic E-state index is 1.15. The molecule has 0 heterocycles. The van der Waals surface area contributed by atoms with Crippen molar-refractivity contribution in [1.82, 2.24) is 0 Å². The Bertz CT molecular complexity index is 186. The summed E-state index contributed by atoms with van der Waals surface area (Å²) in [5.41, 5.74) is 1.64. The molecule has 1 heteroatoms. The van der Waals surface area contributed by atoms with E-state index in [9.17, 15) is 0 Å². The average Bonchev–Trinajstić information content (AvgIpc) is 2.47. The molecule has 0 aromatic heterocycles. The van der Waals surface area contributed by atoms with E-state index >= 15 is 0 Å². The predicted octanol–water partition coefficient (Wildman–Crippen LogP) is 8.00. The van der Waals surface area contributed by atoms with Gasteiger partial charge in [-0.3, -0.25) is 0 Å². The molecule has 120 valence electrons. The molecule has 0 aromatic rings. The molecule has 0 nitrogen and oxygen atoms in total. The van der Waals surface area contributed by atoms with Gasteiger partial charge >= 0.3 is 0 Å². The van der Waals surface area contributed by atoms with Crippen LogP contribution in [0, 0.1) is 0 Å². The second-order valence-corrected chi connectivity index (χ2v) is 6.35. The fraction of sp³-hybridized carbons (Fsp3) is 0.895. The van der Waals surface area contributed by atoms with Crippen molar-refractivity contribution >= 4 is 11.6 Å². The van der Waals surface area contributed by atoms with Crippen molar-refractivity contribution in [1.29, 1.82) is 0 Å². The quantitative estimate of drug-likeness (QED) is 0.253. The van der Waals surface area contributed by atoms with Crippen LogP contribution in [-0.2, 0) is 0 Å². The van der Waals surface area contributed by atoms with E-state index in [4.69, 9.17) is 11.6 Å². The Morgan fingerprint density at radius 3 is 1.25 bits per heavy atom. The Morgan fingerprint density at radius 1 is 0.550 bits per heavy atom. The summed E-state index contributed by atoms with van der Waals surface area (Å²) in [5, 5.41) is 0. The molecule has 0 spiro atoms. The van der Waals surface area contributed by atoms with Crippen LogP contribution in [0.3, 0.4) is 0 Å². The summed E-state index contributed by atoms with van der Waals surface area (Å²) in [7, 11) is 0. The van der Waals surface area contributed by atoms with Crippen LogP contribution in [0.2, 0.25) is 0 Å². The number of unbranched alkanes of at least 4 members (excludes halogenated alkanes) is 15. The Balaban J connectivity index is 2.92. The minimum Gasteiger partial charge on any atom is -0.0933 e. The van der Waals surface area contributed by atoms with Crippen LogP contribution in [0.15, 0.2) is 11.6 Å². The topological polar surface area (TPSA) is 0 Å². The van der Waals surface area contributed by atoms with Gasteiger partial charge in [-0.1, -0.05) is 114 Å². The summed E-state index contributed by atoms with van der Waals surface area (Å²) in [5.74, 6) is 0. The fourth-order valence-electron chi connectivity index (χ4n) is 2.70. The Morgan fingerprint density at radius 2 is 0.900 bits per heavy atom. The first-order valence-electron chi connectivity index (χ1n) is 9.17. The fourth-order valence-corrected chi connectivity index (χ4v) is 2.82. The molecule has 0 bridgehead atoms. The van der Waals surface area contributed by atoms with E-state index in [1.165, 1.54) is 96.3 Å². The molecule has 0 amide bonds. The van der Waals surface area contributed by atoms with Gasteiger partial charge in [0.15, 0.2) is 0 Å². The van der Waals surface area contributed by atoms with Gasteiger partial charge in [0.05, 0.1) is 0 Å². The number of halogens is 1. The molecule has 0 saturated heterocycles. The monoisotopic (exact) mass is 300 g/mol. The third kappa shape index (κ3) is 18.0. The summed E-state index contributed by atoms with van der Waals surface area (Å²) in [6, 6.07) is 0. The highest BCUT2D eigenvalue weighted by atomic mass is 35.5. The van der Waals surface area contributed by atoms with Gasteiger partial charge in [-0.25, -0.2) is 0 Å². The lowest BCUT2D eigenvalue weighted by atomic mass is 10.0. The standard InChI is InChI=1S/C19H37Cl/c1-2-3-4-5-6-7-8-9-10-11-12-13-14-15-16-17-18-19-20/h18-19H,2-17H2,1H3/b19-18+. The van der Waals surface area contributed by atoms with Crippen LogP contribution < -0.4 is 0 Å². The molecule has 0 N–H and O–H groups in total. The number of allylic oxidation sites excluding steroid dienone is 1. The average molecular weight is 301 g/mol. The highest BCUT2D eigenvalue weighted by molar-refractivity contribution is 6.25. The van der Waals surface area contributed by atoms with Gasteiger partial charge in [-0.15, -0.1) is 0 Å². The van der Waals surface area contributed by atoms with E-state index in [0.717, 1.165) is 6.42 Å². The lowest BCUT2D eigenvalue weighted by Crippen LogP contribution is -1.83. The molecule has 0 aliphatic carbocycles. The summed E-state index contributed by atoms with van der Waals surface area (Å²) in [4.78, 5) is 0. The van der Waals surface area contributed by atoms with Crippen molar-refractivity contribution in [3.05, 3.63) is 11.6 Å². The first-order chi connectivity index (χ1) is 9.91. The second kappa shape index (κ2) is 19.0. The molecule has 0 atom stereocenters.